The van der Waals surface area contributed by atoms with Gasteiger partial charge < -0.3 is 15.6 Å². The quantitative estimate of drug-likeness (QED) is 0.796. The van der Waals surface area contributed by atoms with Crippen LogP contribution in [0.15, 0.2) is 42.5 Å². The Morgan fingerprint density at radius 1 is 1.12 bits per heavy atom. The molecule has 0 aliphatic carbocycles. The van der Waals surface area contributed by atoms with Crippen LogP contribution >= 0.6 is 0 Å². The minimum absolute atomic E-state index is 0.0537. The fourth-order valence-corrected chi connectivity index (χ4v) is 1.58. The summed E-state index contributed by atoms with van der Waals surface area (Å²) in [5.74, 6) is 1.25. The monoisotopic (exact) mass is 229 g/mol. The molecule has 3 heteroatoms. The van der Waals surface area contributed by atoms with Crippen LogP contribution in [0.25, 0.3) is 0 Å². The molecule has 0 bridgehead atoms. The van der Waals surface area contributed by atoms with Gasteiger partial charge in [0.1, 0.15) is 5.75 Å². The van der Waals surface area contributed by atoms with E-state index in [0.29, 0.717) is 17.2 Å². The molecule has 0 saturated heterocycles. The lowest BCUT2D eigenvalue weighted by Gasteiger charge is -2.11. The number of ether oxygens (including phenoxy) is 1. The van der Waals surface area contributed by atoms with Crippen LogP contribution in [0, 0.1) is 6.92 Å². The summed E-state index contributed by atoms with van der Waals surface area (Å²) >= 11 is 0. The zero-order chi connectivity index (χ0) is 12.3. The first kappa shape index (κ1) is 11.5. The number of aliphatic hydroxyl groups excluding tert-OH is 1. The number of hydrogen-bond donors (Lipinski definition) is 2. The molecule has 0 fully saturated rings. The maximum atomic E-state index is 9.21. The summed E-state index contributed by atoms with van der Waals surface area (Å²) < 4.78 is 5.73. The lowest BCUT2D eigenvalue weighted by Crippen LogP contribution is -1.95. The summed E-state index contributed by atoms with van der Waals surface area (Å²) in [6.07, 6.45) is 0. The first-order valence-electron chi connectivity index (χ1n) is 5.43. The Morgan fingerprint density at radius 2 is 1.88 bits per heavy atom. The van der Waals surface area contributed by atoms with Crippen LogP contribution in [-0.4, -0.2) is 5.11 Å². The van der Waals surface area contributed by atoms with Crippen LogP contribution in [0.5, 0.6) is 11.5 Å². The fraction of sp³-hybridized carbons (Fsp3) is 0.143. The van der Waals surface area contributed by atoms with Crippen molar-refractivity contribution < 1.29 is 9.84 Å². The van der Waals surface area contributed by atoms with Crippen LogP contribution < -0.4 is 10.5 Å². The van der Waals surface area contributed by atoms with Crippen LogP contribution in [0.1, 0.15) is 11.1 Å². The van der Waals surface area contributed by atoms with E-state index in [1.165, 1.54) is 0 Å². The Labute approximate surface area is 100 Å². The van der Waals surface area contributed by atoms with Crippen LogP contribution in [0.3, 0.4) is 0 Å². The maximum absolute atomic E-state index is 9.21. The van der Waals surface area contributed by atoms with Crippen molar-refractivity contribution in [3.63, 3.8) is 0 Å². The minimum Gasteiger partial charge on any atom is -0.455 e. The van der Waals surface area contributed by atoms with Gasteiger partial charge in [0.25, 0.3) is 0 Å². The van der Waals surface area contributed by atoms with Crippen LogP contribution in [-0.2, 0) is 6.61 Å². The van der Waals surface area contributed by atoms with E-state index in [1.54, 1.807) is 0 Å². The molecule has 2 aromatic rings. The SMILES string of the molecule is Cc1ccc(N)c(Oc2ccccc2CO)c1. The molecule has 17 heavy (non-hydrogen) atoms. The largest absolute Gasteiger partial charge is 0.455 e. The van der Waals surface area contributed by atoms with E-state index in [0.717, 1.165) is 11.1 Å². The number of nitrogens with two attached hydrogens (primary N) is 1. The highest BCUT2D eigenvalue weighted by Crippen LogP contribution is 2.30. The third-order valence-electron chi connectivity index (χ3n) is 2.53. The second-order valence-corrected chi connectivity index (χ2v) is 3.91. The van der Waals surface area contributed by atoms with Gasteiger partial charge in [0.15, 0.2) is 5.75 Å². The molecule has 0 aromatic heterocycles. The lowest BCUT2D eigenvalue weighted by molar-refractivity contribution is 0.276. The number of benzene rings is 2. The number of nitrogen functional groups attached to an aromatic ring is 1. The molecule has 3 N–H and O–H groups in total. The van der Waals surface area contributed by atoms with Gasteiger partial charge in [-0.3, -0.25) is 0 Å². The molecule has 0 aliphatic rings. The van der Waals surface area contributed by atoms with Crippen molar-refractivity contribution in [1.29, 1.82) is 0 Å². The molecular formula is C14H15NO2. The molecule has 0 radical (unpaired) electrons. The van der Waals surface area contributed by atoms with Gasteiger partial charge >= 0.3 is 0 Å². The van der Waals surface area contributed by atoms with E-state index in [1.807, 2.05) is 49.4 Å². The van der Waals surface area contributed by atoms with Gasteiger partial charge in [0.2, 0.25) is 0 Å². The fourth-order valence-electron chi connectivity index (χ4n) is 1.58. The van der Waals surface area contributed by atoms with E-state index < -0.39 is 0 Å². The smallest absolute Gasteiger partial charge is 0.150 e. The molecule has 88 valence electrons. The van der Waals surface area contributed by atoms with Crippen LogP contribution in [0.2, 0.25) is 0 Å². The van der Waals surface area contributed by atoms with Crippen molar-refractivity contribution in [2.24, 2.45) is 0 Å². The van der Waals surface area contributed by atoms with E-state index in [9.17, 15) is 5.11 Å². The second kappa shape index (κ2) is 4.89. The predicted octanol–water partition coefficient (Wildman–Crippen LogP) is 2.86. The van der Waals surface area contributed by atoms with E-state index >= 15 is 0 Å². The summed E-state index contributed by atoms with van der Waals surface area (Å²) in [4.78, 5) is 0. The van der Waals surface area contributed by atoms with Crippen molar-refractivity contribution in [3.05, 3.63) is 53.6 Å². The zero-order valence-corrected chi connectivity index (χ0v) is 9.68. The molecule has 0 amide bonds. The number of rotatable bonds is 3. The van der Waals surface area contributed by atoms with Crippen molar-refractivity contribution >= 4 is 5.69 Å². The minimum atomic E-state index is -0.0537. The number of anilines is 1. The zero-order valence-electron chi connectivity index (χ0n) is 9.68. The molecular weight excluding hydrogens is 214 g/mol. The molecule has 0 unspecified atom stereocenters. The summed E-state index contributed by atoms with van der Waals surface area (Å²) in [6, 6.07) is 13.0. The van der Waals surface area contributed by atoms with Gasteiger partial charge in [-0.25, -0.2) is 0 Å². The summed E-state index contributed by atoms with van der Waals surface area (Å²) in [6.45, 7) is 1.92. The highest BCUT2D eigenvalue weighted by Gasteiger charge is 2.06. The third kappa shape index (κ3) is 2.57. The first-order valence-corrected chi connectivity index (χ1v) is 5.43. The highest BCUT2D eigenvalue weighted by atomic mass is 16.5. The number of hydrogen-bond acceptors (Lipinski definition) is 3. The summed E-state index contributed by atoms with van der Waals surface area (Å²) in [5, 5.41) is 9.21. The average molecular weight is 229 g/mol. The predicted molar refractivity (Wildman–Crippen MR) is 68.0 cm³/mol. The van der Waals surface area contributed by atoms with Gasteiger partial charge in [0, 0.05) is 5.56 Å². The standard InChI is InChI=1S/C14H15NO2/c1-10-6-7-12(15)14(8-10)17-13-5-3-2-4-11(13)9-16/h2-8,16H,9,15H2,1H3. The van der Waals surface area contributed by atoms with E-state index in [4.69, 9.17) is 10.5 Å². The third-order valence-corrected chi connectivity index (χ3v) is 2.53. The Balaban J connectivity index is 2.34. The van der Waals surface area contributed by atoms with Gasteiger partial charge in [-0.15, -0.1) is 0 Å². The average Bonchev–Trinajstić information content (AvgIpc) is 2.34. The normalized spacial score (nSPS) is 10.2. The van der Waals surface area contributed by atoms with Crippen molar-refractivity contribution in [2.75, 3.05) is 5.73 Å². The Kier molecular flexibility index (Phi) is 3.30. The molecule has 0 spiro atoms. The van der Waals surface area contributed by atoms with E-state index in [2.05, 4.69) is 0 Å². The molecule has 3 nitrogen and oxygen atoms in total. The van der Waals surface area contributed by atoms with Gasteiger partial charge in [-0.2, -0.15) is 0 Å². The topological polar surface area (TPSA) is 55.5 Å². The molecule has 0 heterocycles. The molecule has 0 saturated carbocycles. The molecule has 0 atom stereocenters. The van der Waals surface area contributed by atoms with Crippen molar-refractivity contribution in [1.82, 2.24) is 0 Å². The van der Waals surface area contributed by atoms with Crippen molar-refractivity contribution in [3.8, 4) is 11.5 Å². The highest BCUT2D eigenvalue weighted by molar-refractivity contribution is 5.55. The van der Waals surface area contributed by atoms with Gasteiger partial charge in [0.05, 0.1) is 12.3 Å². The van der Waals surface area contributed by atoms with Gasteiger partial charge in [-0.05, 0) is 30.7 Å². The first-order chi connectivity index (χ1) is 8.20. The maximum Gasteiger partial charge on any atom is 0.150 e. The second-order valence-electron chi connectivity index (χ2n) is 3.91. The van der Waals surface area contributed by atoms with Gasteiger partial charge in [-0.1, -0.05) is 24.3 Å². The van der Waals surface area contributed by atoms with E-state index in [-0.39, 0.29) is 6.61 Å². The number of aryl methyl sites for hydroxylation is 1. The lowest BCUT2D eigenvalue weighted by atomic mass is 10.2. The Bertz CT molecular complexity index is 523. The Hall–Kier alpha value is -2.00. The molecule has 2 rings (SSSR count). The number of para-hydroxylation sites is 1. The summed E-state index contributed by atoms with van der Waals surface area (Å²) in [5.41, 5.74) is 8.25. The Morgan fingerprint density at radius 3 is 2.65 bits per heavy atom. The van der Waals surface area contributed by atoms with Crippen LogP contribution in [0.4, 0.5) is 5.69 Å². The summed E-state index contributed by atoms with van der Waals surface area (Å²) in [7, 11) is 0. The number of aliphatic hydroxyl groups is 1. The van der Waals surface area contributed by atoms with Crippen molar-refractivity contribution in [2.45, 2.75) is 13.5 Å². The molecule has 2 aromatic carbocycles. The molecule has 0 aliphatic heterocycles.